The average Bonchev–Trinajstić information content (AvgIpc) is 3.23. The van der Waals surface area contributed by atoms with Gasteiger partial charge in [0.1, 0.15) is 0 Å². The molecule has 0 aliphatic rings. The summed E-state index contributed by atoms with van der Waals surface area (Å²) in [5.74, 6) is 0.547. The fraction of sp³-hybridized carbons (Fsp3) is 0. The molecule has 3 aromatic heterocycles. The highest BCUT2D eigenvalue weighted by atomic mass is 15.1. The van der Waals surface area contributed by atoms with Crippen molar-refractivity contribution in [3.8, 4) is 22.4 Å². The smallest absolute Gasteiger partial charge is 0.227 e. The third-order valence-corrected chi connectivity index (χ3v) is 4.49. The van der Waals surface area contributed by atoms with Crippen LogP contribution in [0.3, 0.4) is 0 Å². The number of aromatic nitrogens is 5. The molecule has 0 saturated carbocycles. The molecular weight excluding hydrogens is 348 g/mol. The van der Waals surface area contributed by atoms with Crippen molar-refractivity contribution < 1.29 is 0 Å². The lowest BCUT2D eigenvalue weighted by molar-refractivity contribution is 1.17. The first-order chi connectivity index (χ1) is 13.8. The predicted molar refractivity (Wildman–Crippen MR) is 110 cm³/mol. The molecule has 0 unspecified atom stereocenters. The summed E-state index contributed by atoms with van der Waals surface area (Å²) in [6.45, 7) is 0. The van der Waals surface area contributed by atoms with Crippen molar-refractivity contribution in [2.45, 2.75) is 0 Å². The highest BCUT2D eigenvalue weighted by molar-refractivity contribution is 5.80. The Kier molecular flexibility index (Phi) is 3.99. The molecule has 2 N–H and O–H groups in total. The highest BCUT2D eigenvalue weighted by Gasteiger charge is 2.06. The summed E-state index contributed by atoms with van der Waals surface area (Å²) >= 11 is 0. The van der Waals surface area contributed by atoms with Gasteiger partial charge in [0, 0.05) is 35.4 Å². The Morgan fingerprint density at radius 3 is 2.68 bits per heavy atom. The summed E-state index contributed by atoms with van der Waals surface area (Å²) < 4.78 is 0. The monoisotopic (exact) mass is 364 g/mol. The summed E-state index contributed by atoms with van der Waals surface area (Å²) in [4.78, 5) is 20.6. The van der Waals surface area contributed by atoms with Gasteiger partial charge < -0.3 is 10.3 Å². The maximum Gasteiger partial charge on any atom is 0.227 e. The molecule has 134 valence electrons. The normalized spacial score (nSPS) is 10.9. The number of nitrogens with zero attached hydrogens (tertiary/aromatic N) is 4. The van der Waals surface area contributed by atoms with Crippen LogP contribution < -0.4 is 5.32 Å². The molecule has 0 spiro atoms. The van der Waals surface area contributed by atoms with E-state index >= 15 is 0 Å². The van der Waals surface area contributed by atoms with Crippen LogP contribution in [0.5, 0.6) is 0 Å². The zero-order valence-corrected chi connectivity index (χ0v) is 14.9. The molecule has 0 atom stereocenters. The van der Waals surface area contributed by atoms with Crippen molar-refractivity contribution in [2.75, 3.05) is 5.32 Å². The first-order valence-corrected chi connectivity index (χ1v) is 8.89. The Hall–Kier alpha value is -4.06. The van der Waals surface area contributed by atoms with Gasteiger partial charge in [0.05, 0.1) is 23.1 Å². The SMILES string of the molecule is c1cncc(-c2cccc(Nc3nccc(-c4ccc5nc[nH]c5c4)n3)c2)c1. The quantitative estimate of drug-likeness (QED) is 0.478. The van der Waals surface area contributed by atoms with Crippen molar-refractivity contribution in [3.63, 3.8) is 0 Å². The minimum Gasteiger partial charge on any atom is -0.345 e. The number of nitrogens with one attached hydrogen (secondary N) is 2. The molecular formula is C22H16N6. The Balaban J connectivity index is 1.44. The molecule has 0 aliphatic carbocycles. The topological polar surface area (TPSA) is 79.4 Å². The number of hydrogen-bond acceptors (Lipinski definition) is 5. The zero-order valence-electron chi connectivity index (χ0n) is 14.9. The van der Waals surface area contributed by atoms with Gasteiger partial charge in [-0.1, -0.05) is 24.3 Å². The number of imidazole rings is 1. The van der Waals surface area contributed by atoms with E-state index < -0.39 is 0 Å². The van der Waals surface area contributed by atoms with Crippen molar-refractivity contribution in [1.82, 2.24) is 24.9 Å². The van der Waals surface area contributed by atoms with Gasteiger partial charge in [-0.2, -0.15) is 0 Å². The van der Waals surface area contributed by atoms with Crippen LogP contribution in [0.2, 0.25) is 0 Å². The summed E-state index contributed by atoms with van der Waals surface area (Å²) in [5.41, 5.74) is 6.83. The summed E-state index contributed by atoms with van der Waals surface area (Å²) in [5, 5.41) is 3.29. The lowest BCUT2D eigenvalue weighted by atomic mass is 10.1. The van der Waals surface area contributed by atoms with Gasteiger partial charge in [-0.15, -0.1) is 0 Å². The lowest BCUT2D eigenvalue weighted by Gasteiger charge is -2.08. The van der Waals surface area contributed by atoms with Gasteiger partial charge in [-0.05, 0) is 42.0 Å². The van der Waals surface area contributed by atoms with Crippen molar-refractivity contribution in [1.29, 1.82) is 0 Å². The van der Waals surface area contributed by atoms with E-state index in [9.17, 15) is 0 Å². The lowest BCUT2D eigenvalue weighted by Crippen LogP contribution is -1.98. The van der Waals surface area contributed by atoms with Gasteiger partial charge in [-0.3, -0.25) is 4.98 Å². The first-order valence-electron chi connectivity index (χ1n) is 8.89. The number of rotatable bonds is 4. The third-order valence-electron chi connectivity index (χ3n) is 4.49. The van der Waals surface area contributed by atoms with Crippen LogP contribution in [0.1, 0.15) is 0 Å². The second-order valence-electron chi connectivity index (χ2n) is 6.35. The van der Waals surface area contributed by atoms with Crippen LogP contribution in [0.4, 0.5) is 11.6 Å². The van der Waals surface area contributed by atoms with Crippen LogP contribution in [0.15, 0.2) is 85.6 Å². The van der Waals surface area contributed by atoms with E-state index in [0.717, 1.165) is 39.1 Å². The summed E-state index contributed by atoms with van der Waals surface area (Å²) in [6.07, 6.45) is 7.07. The zero-order chi connectivity index (χ0) is 18.8. The molecule has 0 radical (unpaired) electrons. The van der Waals surface area contributed by atoms with Gasteiger partial charge in [-0.25, -0.2) is 15.0 Å². The first kappa shape index (κ1) is 16.1. The van der Waals surface area contributed by atoms with E-state index in [0.29, 0.717) is 5.95 Å². The van der Waals surface area contributed by atoms with Crippen LogP contribution in [0.25, 0.3) is 33.4 Å². The minimum absolute atomic E-state index is 0.547. The maximum atomic E-state index is 4.66. The number of pyridine rings is 1. The highest BCUT2D eigenvalue weighted by Crippen LogP contribution is 2.25. The maximum absolute atomic E-state index is 4.66. The van der Waals surface area contributed by atoms with Gasteiger partial charge >= 0.3 is 0 Å². The van der Waals surface area contributed by atoms with Crippen LogP contribution in [-0.4, -0.2) is 24.9 Å². The third kappa shape index (κ3) is 3.19. The molecule has 0 amide bonds. The Morgan fingerprint density at radius 1 is 0.786 bits per heavy atom. The number of H-pyrrole nitrogens is 1. The van der Waals surface area contributed by atoms with E-state index in [4.69, 9.17) is 0 Å². The van der Waals surface area contributed by atoms with Crippen LogP contribution >= 0.6 is 0 Å². The molecule has 0 fully saturated rings. The van der Waals surface area contributed by atoms with Crippen LogP contribution in [0, 0.1) is 0 Å². The Bertz CT molecular complexity index is 1250. The number of anilines is 2. The number of fused-ring (bicyclic) bond motifs is 1. The van der Waals surface area contributed by atoms with Crippen LogP contribution in [-0.2, 0) is 0 Å². The van der Waals surface area contributed by atoms with E-state index in [1.807, 2.05) is 54.7 Å². The van der Waals surface area contributed by atoms with Crippen molar-refractivity contribution >= 4 is 22.7 Å². The van der Waals surface area contributed by atoms with Gasteiger partial charge in [0.25, 0.3) is 0 Å². The Labute approximate surface area is 161 Å². The average molecular weight is 364 g/mol. The second-order valence-corrected chi connectivity index (χ2v) is 6.35. The Morgan fingerprint density at radius 2 is 1.75 bits per heavy atom. The minimum atomic E-state index is 0.547. The van der Waals surface area contributed by atoms with E-state index in [-0.39, 0.29) is 0 Å². The van der Waals surface area contributed by atoms with E-state index in [2.05, 4.69) is 42.4 Å². The van der Waals surface area contributed by atoms with E-state index in [1.165, 1.54) is 0 Å². The molecule has 6 heteroatoms. The van der Waals surface area contributed by atoms with Crippen molar-refractivity contribution in [2.24, 2.45) is 0 Å². The largest absolute Gasteiger partial charge is 0.345 e. The standard InChI is InChI=1S/C22H16N6/c1-3-15(17-4-2-9-23-13-17)11-18(5-1)27-22-24-10-8-19(28-22)16-6-7-20-21(12-16)26-14-25-20/h1-14H,(H,25,26)(H,24,27,28). The number of hydrogen-bond donors (Lipinski definition) is 2. The fourth-order valence-electron chi connectivity index (χ4n) is 3.11. The molecule has 0 bridgehead atoms. The molecule has 2 aromatic carbocycles. The van der Waals surface area contributed by atoms with Gasteiger partial charge in [0.2, 0.25) is 5.95 Å². The molecule has 5 rings (SSSR count). The number of aromatic amines is 1. The molecule has 0 saturated heterocycles. The molecule has 5 aromatic rings. The van der Waals surface area contributed by atoms with Gasteiger partial charge in [0.15, 0.2) is 0 Å². The molecule has 28 heavy (non-hydrogen) atoms. The predicted octanol–water partition coefficient (Wildman–Crippen LogP) is 4.83. The molecule has 0 aliphatic heterocycles. The fourth-order valence-corrected chi connectivity index (χ4v) is 3.11. The summed E-state index contributed by atoms with van der Waals surface area (Å²) in [7, 11) is 0. The second kappa shape index (κ2) is 6.92. The van der Waals surface area contributed by atoms with E-state index in [1.54, 1.807) is 18.7 Å². The molecule has 3 heterocycles. The summed E-state index contributed by atoms with van der Waals surface area (Å²) in [6, 6.07) is 20.0. The molecule has 6 nitrogen and oxygen atoms in total. The van der Waals surface area contributed by atoms with Crippen molar-refractivity contribution in [3.05, 3.63) is 85.6 Å². The number of benzene rings is 2.